The first-order valence-electron chi connectivity index (χ1n) is 5.41. The van der Waals surface area contributed by atoms with Crippen molar-refractivity contribution in [2.75, 3.05) is 14.1 Å². The van der Waals surface area contributed by atoms with Crippen LogP contribution in [-0.2, 0) is 14.3 Å². The Morgan fingerprint density at radius 3 is 2.47 bits per heavy atom. The van der Waals surface area contributed by atoms with E-state index < -0.39 is 0 Å². The largest absolute Gasteiger partial charge is 0.458 e. The second-order valence-corrected chi connectivity index (χ2v) is 4.49. The minimum absolute atomic E-state index is 0.0370. The lowest BCUT2D eigenvalue weighted by atomic mass is 9.95. The van der Waals surface area contributed by atoms with E-state index in [1.165, 1.54) is 6.92 Å². The molecular formula is C11H21NO3. The molecule has 1 heterocycles. The second kappa shape index (κ2) is 4.94. The van der Waals surface area contributed by atoms with Crippen molar-refractivity contribution in [2.45, 2.75) is 51.5 Å². The van der Waals surface area contributed by atoms with E-state index in [0.717, 1.165) is 6.42 Å². The zero-order chi connectivity index (χ0) is 11.6. The standard InChI is InChI=1S/C11H21NO3/c1-7-6-10(12(4)5)11(8(2)14-7)15-9(3)13/h7-8,10-11H,6H2,1-5H3/t7-,8+,10+,11+/m1/s1. The van der Waals surface area contributed by atoms with Gasteiger partial charge >= 0.3 is 5.97 Å². The van der Waals surface area contributed by atoms with Gasteiger partial charge in [-0.3, -0.25) is 4.79 Å². The summed E-state index contributed by atoms with van der Waals surface area (Å²) in [6, 6.07) is 0.243. The van der Waals surface area contributed by atoms with Crippen LogP contribution in [-0.4, -0.2) is 49.3 Å². The maximum absolute atomic E-state index is 11.0. The molecular weight excluding hydrogens is 194 g/mol. The molecule has 4 heteroatoms. The Hall–Kier alpha value is -0.610. The lowest BCUT2D eigenvalue weighted by Gasteiger charge is -2.41. The van der Waals surface area contributed by atoms with Crippen molar-refractivity contribution < 1.29 is 14.3 Å². The average molecular weight is 215 g/mol. The highest BCUT2D eigenvalue weighted by atomic mass is 16.6. The molecule has 4 nitrogen and oxygen atoms in total. The molecule has 88 valence electrons. The second-order valence-electron chi connectivity index (χ2n) is 4.49. The molecule has 1 fully saturated rings. The summed E-state index contributed by atoms with van der Waals surface area (Å²) in [5, 5.41) is 0. The molecule has 0 aromatic rings. The summed E-state index contributed by atoms with van der Waals surface area (Å²) >= 11 is 0. The van der Waals surface area contributed by atoms with Crippen LogP contribution in [0.15, 0.2) is 0 Å². The van der Waals surface area contributed by atoms with Crippen molar-refractivity contribution in [2.24, 2.45) is 0 Å². The maximum atomic E-state index is 11.0. The van der Waals surface area contributed by atoms with E-state index in [4.69, 9.17) is 9.47 Å². The Morgan fingerprint density at radius 2 is 2.00 bits per heavy atom. The Bertz CT molecular complexity index is 230. The van der Waals surface area contributed by atoms with E-state index >= 15 is 0 Å². The number of rotatable bonds is 2. The van der Waals surface area contributed by atoms with Crippen LogP contribution in [0.1, 0.15) is 27.2 Å². The van der Waals surface area contributed by atoms with Crippen molar-refractivity contribution >= 4 is 5.97 Å². The molecule has 0 saturated carbocycles. The third-order valence-corrected chi connectivity index (χ3v) is 2.83. The Kier molecular flexibility index (Phi) is 4.11. The Balaban J connectivity index is 2.73. The Labute approximate surface area is 91.5 Å². The molecule has 1 saturated heterocycles. The average Bonchev–Trinajstić information content (AvgIpc) is 2.08. The summed E-state index contributed by atoms with van der Waals surface area (Å²) in [7, 11) is 4.01. The SMILES string of the molecule is CC(=O)O[C@H]1[C@H](C)O[C@H](C)C[C@@H]1N(C)C. The number of hydrogen-bond donors (Lipinski definition) is 0. The molecule has 0 aromatic carbocycles. The molecule has 1 aliphatic rings. The van der Waals surface area contributed by atoms with Gasteiger partial charge in [0.05, 0.1) is 18.2 Å². The summed E-state index contributed by atoms with van der Waals surface area (Å²) in [5.41, 5.74) is 0. The molecule has 0 amide bonds. The molecule has 0 radical (unpaired) electrons. The predicted molar refractivity (Wildman–Crippen MR) is 57.7 cm³/mol. The summed E-state index contributed by atoms with van der Waals surface area (Å²) in [6.07, 6.45) is 0.924. The molecule has 15 heavy (non-hydrogen) atoms. The van der Waals surface area contributed by atoms with E-state index in [1.54, 1.807) is 0 Å². The van der Waals surface area contributed by atoms with Crippen LogP contribution >= 0.6 is 0 Å². The topological polar surface area (TPSA) is 38.8 Å². The molecule has 0 N–H and O–H groups in total. The van der Waals surface area contributed by atoms with Crippen LogP contribution in [0.4, 0.5) is 0 Å². The van der Waals surface area contributed by atoms with Gasteiger partial charge in [0.1, 0.15) is 6.10 Å². The fourth-order valence-electron chi connectivity index (χ4n) is 2.16. The zero-order valence-electron chi connectivity index (χ0n) is 10.2. The highest BCUT2D eigenvalue weighted by molar-refractivity contribution is 5.66. The highest BCUT2D eigenvalue weighted by Crippen LogP contribution is 2.25. The molecule has 0 bridgehead atoms. The first-order valence-corrected chi connectivity index (χ1v) is 5.41. The van der Waals surface area contributed by atoms with E-state index in [0.29, 0.717) is 0 Å². The summed E-state index contributed by atoms with van der Waals surface area (Å²) in [4.78, 5) is 13.1. The van der Waals surface area contributed by atoms with Gasteiger partial charge in [-0.1, -0.05) is 0 Å². The van der Waals surface area contributed by atoms with Gasteiger partial charge < -0.3 is 14.4 Å². The van der Waals surface area contributed by atoms with Gasteiger partial charge in [-0.25, -0.2) is 0 Å². The minimum atomic E-state index is -0.239. The van der Waals surface area contributed by atoms with Gasteiger partial charge in [-0.2, -0.15) is 0 Å². The number of esters is 1. The molecule has 0 aromatic heterocycles. The van der Waals surface area contributed by atoms with E-state index in [9.17, 15) is 4.79 Å². The van der Waals surface area contributed by atoms with Crippen LogP contribution < -0.4 is 0 Å². The van der Waals surface area contributed by atoms with Crippen molar-refractivity contribution in [1.82, 2.24) is 4.90 Å². The van der Waals surface area contributed by atoms with E-state index in [1.807, 2.05) is 21.0 Å². The van der Waals surface area contributed by atoms with Crippen molar-refractivity contribution in [1.29, 1.82) is 0 Å². The van der Waals surface area contributed by atoms with Crippen LogP contribution in [0.3, 0.4) is 0 Å². The highest BCUT2D eigenvalue weighted by Gasteiger charge is 2.38. The van der Waals surface area contributed by atoms with Gasteiger partial charge in [0, 0.05) is 6.92 Å². The lowest BCUT2D eigenvalue weighted by molar-refractivity contribution is -0.178. The third-order valence-electron chi connectivity index (χ3n) is 2.83. The van der Waals surface area contributed by atoms with Crippen molar-refractivity contribution in [3.05, 3.63) is 0 Å². The summed E-state index contributed by atoms with van der Waals surface area (Å²) in [5.74, 6) is -0.239. The first-order chi connectivity index (χ1) is 6.91. The van der Waals surface area contributed by atoms with Gasteiger partial charge in [0.2, 0.25) is 0 Å². The van der Waals surface area contributed by atoms with Gasteiger partial charge in [-0.15, -0.1) is 0 Å². The van der Waals surface area contributed by atoms with Crippen molar-refractivity contribution in [3.63, 3.8) is 0 Å². The molecule has 0 unspecified atom stereocenters. The molecule has 0 aliphatic carbocycles. The Morgan fingerprint density at radius 1 is 1.40 bits per heavy atom. The van der Waals surface area contributed by atoms with Crippen molar-refractivity contribution in [3.8, 4) is 0 Å². The third kappa shape index (κ3) is 3.18. The smallest absolute Gasteiger partial charge is 0.303 e. The molecule has 1 rings (SSSR count). The minimum Gasteiger partial charge on any atom is -0.458 e. The summed E-state index contributed by atoms with van der Waals surface area (Å²) < 4.78 is 11.0. The number of carbonyl (C=O) groups excluding carboxylic acids is 1. The summed E-state index contributed by atoms with van der Waals surface area (Å²) in [6.45, 7) is 5.45. The zero-order valence-corrected chi connectivity index (χ0v) is 10.2. The number of ether oxygens (including phenoxy) is 2. The number of likely N-dealkylation sites (N-methyl/N-ethyl adjacent to an activating group) is 1. The molecule has 4 atom stereocenters. The van der Waals surface area contributed by atoms with Gasteiger partial charge in [-0.05, 0) is 34.4 Å². The normalized spacial score (nSPS) is 36.7. The maximum Gasteiger partial charge on any atom is 0.303 e. The molecule has 1 aliphatic heterocycles. The van der Waals surface area contributed by atoms with Crippen LogP contribution in [0.5, 0.6) is 0 Å². The monoisotopic (exact) mass is 215 g/mol. The lowest BCUT2D eigenvalue weighted by Crippen LogP contribution is -2.53. The number of hydrogen-bond acceptors (Lipinski definition) is 4. The first kappa shape index (κ1) is 12.5. The molecule has 0 spiro atoms. The fourth-order valence-corrected chi connectivity index (χ4v) is 2.16. The quantitative estimate of drug-likeness (QED) is 0.645. The fraction of sp³-hybridized carbons (Fsp3) is 0.909. The number of nitrogens with zero attached hydrogens (tertiary/aromatic N) is 1. The van der Waals surface area contributed by atoms with E-state index in [2.05, 4.69) is 11.8 Å². The van der Waals surface area contributed by atoms with Crippen LogP contribution in [0, 0.1) is 0 Å². The van der Waals surface area contributed by atoms with Crippen LogP contribution in [0.2, 0.25) is 0 Å². The van der Waals surface area contributed by atoms with E-state index in [-0.39, 0.29) is 30.3 Å². The predicted octanol–water partition coefficient (Wildman–Crippen LogP) is 1.05. The van der Waals surface area contributed by atoms with Crippen LogP contribution in [0.25, 0.3) is 0 Å². The van der Waals surface area contributed by atoms with Gasteiger partial charge in [0.25, 0.3) is 0 Å². The van der Waals surface area contributed by atoms with Gasteiger partial charge in [0.15, 0.2) is 0 Å². The number of carbonyl (C=O) groups is 1.